The van der Waals surface area contributed by atoms with Crippen LogP contribution in [0.2, 0.25) is 0 Å². The van der Waals surface area contributed by atoms with Crippen molar-refractivity contribution in [3.8, 4) is 11.5 Å². The molecule has 0 aliphatic rings. The molecule has 1 N–H and O–H groups in total. The van der Waals surface area contributed by atoms with Crippen LogP contribution in [0.3, 0.4) is 0 Å². The van der Waals surface area contributed by atoms with Crippen LogP contribution in [-0.2, 0) is 6.54 Å². The van der Waals surface area contributed by atoms with E-state index in [9.17, 15) is 4.39 Å². The van der Waals surface area contributed by atoms with Gasteiger partial charge in [0.15, 0.2) is 0 Å². The van der Waals surface area contributed by atoms with Gasteiger partial charge in [-0.05, 0) is 30.7 Å². The van der Waals surface area contributed by atoms with Crippen LogP contribution in [0.4, 0.5) is 4.39 Å². The van der Waals surface area contributed by atoms with Crippen LogP contribution in [0.25, 0.3) is 0 Å². The minimum absolute atomic E-state index is 0.0852. The lowest BCUT2D eigenvalue weighted by Crippen LogP contribution is -2.19. The van der Waals surface area contributed by atoms with E-state index in [0.717, 1.165) is 11.3 Å². The standard InChI is InChI=1S/C17H20FNO2/c1-12(16-9-8-15(21-3)10-17(16)18)19-11-13-4-6-14(20-2)7-5-13/h4-10,12,19H,11H2,1-3H3. The molecule has 0 aliphatic heterocycles. The van der Waals surface area contributed by atoms with Crippen molar-refractivity contribution in [3.63, 3.8) is 0 Å². The first-order valence-corrected chi connectivity index (χ1v) is 6.83. The Bertz CT molecular complexity index is 584. The van der Waals surface area contributed by atoms with Crippen molar-refractivity contribution in [2.24, 2.45) is 0 Å². The number of benzene rings is 2. The van der Waals surface area contributed by atoms with Gasteiger partial charge in [-0.1, -0.05) is 18.2 Å². The molecule has 112 valence electrons. The summed E-state index contributed by atoms with van der Waals surface area (Å²) in [4.78, 5) is 0. The second kappa shape index (κ2) is 7.09. The lowest BCUT2D eigenvalue weighted by Gasteiger charge is -2.16. The van der Waals surface area contributed by atoms with Crippen molar-refractivity contribution >= 4 is 0 Å². The Balaban J connectivity index is 1.99. The van der Waals surface area contributed by atoms with Crippen LogP contribution in [0.15, 0.2) is 42.5 Å². The number of hydrogen-bond donors (Lipinski definition) is 1. The molecule has 21 heavy (non-hydrogen) atoms. The minimum atomic E-state index is -0.260. The van der Waals surface area contributed by atoms with Crippen LogP contribution >= 0.6 is 0 Å². The van der Waals surface area contributed by atoms with Crippen molar-refractivity contribution in [1.29, 1.82) is 0 Å². The second-order valence-electron chi connectivity index (χ2n) is 4.84. The lowest BCUT2D eigenvalue weighted by atomic mass is 10.1. The SMILES string of the molecule is COc1ccc(CNC(C)c2ccc(OC)cc2F)cc1. The summed E-state index contributed by atoms with van der Waals surface area (Å²) in [5.74, 6) is 1.09. The Morgan fingerprint density at radius 2 is 1.62 bits per heavy atom. The van der Waals surface area contributed by atoms with Crippen LogP contribution in [0.5, 0.6) is 11.5 Å². The van der Waals surface area contributed by atoms with Gasteiger partial charge in [-0.3, -0.25) is 0 Å². The summed E-state index contributed by atoms with van der Waals surface area (Å²) in [6.07, 6.45) is 0. The maximum absolute atomic E-state index is 14.0. The first kappa shape index (κ1) is 15.3. The Labute approximate surface area is 124 Å². The third kappa shape index (κ3) is 3.95. The molecule has 0 fully saturated rings. The molecule has 1 unspecified atom stereocenters. The Hall–Kier alpha value is -2.07. The van der Waals surface area contributed by atoms with Gasteiger partial charge in [0.1, 0.15) is 17.3 Å². The van der Waals surface area contributed by atoms with E-state index >= 15 is 0 Å². The van der Waals surface area contributed by atoms with Crippen molar-refractivity contribution in [2.75, 3.05) is 14.2 Å². The summed E-state index contributed by atoms with van der Waals surface area (Å²) in [7, 11) is 3.17. The Morgan fingerprint density at radius 1 is 1.00 bits per heavy atom. The monoisotopic (exact) mass is 289 g/mol. The molecule has 0 saturated carbocycles. The van der Waals surface area contributed by atoms with Gasteiger partial charge in [-0.2, -0.15) is 0 Å². The molecule has 2 aromatic carbocycles. The van der Waals surface area contributed by atoms with Gasteiger partial charge in [0.05, 0.1) is 14.2 Å². The molecule has 2 rings (SSSR count). The van der Waals surface area contributed by atoms with Gasteiger partial charge in [-0.15, -0.1) is 0 Å². The fraction of sp³-hybridized carbons (Fsp3) is 0.294. The molecule has 0 aliphatic carbocycles. The topological polar surface area (TPSA) is 30.5 Å². The zero-order valence-electron chi connectivity index (χ0n) is 12.5. The highest BCUT2D eigenvalue weighted by atomic mass is 19.1. The molecule has 0 saturated heterocycles. The van der Waals surface area contributed by atoms with Crippen LogP contribution < -0.4 is 14.8 Å². The summed E-state index contributed by atoms with van der Waals surface area (Å²) < 4.78 is 24.1. The van der Waals surface area contributed by atoms with Crippen LogP contribution in [0.1, 0.15) is 24.1 Å². The molecule has 0 radical (unpaired) electrons. The van der Waals surface area contributed by atoms with Gasteiger partial charge in [-0.25, -0.2) is 4.39 Å². The fourth-order valence-corrected chi connectivity index (χ4v) is 2.11. The largest absolute Gasteiger partial charge is 0.497 e. The Morgan fingerprint density at radius 3 is 2.19 bits per heavy atom. The van der Waals surface area contributed by atoms with E-state index in [4.69, 9.17) is 9.47 Å². The van der Waals surface area contributed by atoms with Gasteiger partial charge in [0, 0.05) is 24.2 Å². The number of methoxy groups -OCH3 is 2. The van der Waals surface area contributed by atoms with Crippen molar-refractivity contribution in [2.45, 2.75) is 19.5 Å². The third-order valence-corrected chi connectivity index (χ3v) is 3.45. The highest BCUT2D eigenvalue weighted by molar-refractivity contribution is 5.31. The van der Waals surface area contributed by atoms with E-state index in [0.29, 0.717) is 17.9 Å². The zero-order valence-corrected chi connectivity index (χ0v) is 12.5. The first-order chi connectivity index (χ1) is 10.1. The molecule has 1 atom stereocenters. The minimum Gasteiger partial charge on any atom is -0.497 e. The third-order valence-electron chi connectivity index (χ3n) is 3.45. The fourth-order valence-electron chi connectivity index (χ4n) is 2.11. The lowest BCUT2D eigenvalue weighted by molar-refractivity contribution is 0.409. The maximum Gasteiger partial charge on any atom is 0.131 e. The number of rotatable bonds is 6. The summed E-state index contributed by atoms with van der Waals surface area (Å²) in [6.45, 7) is 2.60. The van der Waals surface area contributed by atoms with Gasteiger partial charge >= 0.3 is 0 Å². The molecule has 2 aromatic rings. The first-order valence-electron chi connectivity index (χ1n) is 6.83. The van der Waals surface area contributed by atoms with E-state index in [-0.39, 0.29) is 11.9 Å². The van der Waals surface area contributed by atoms with Crippen LogP contribution in [0, 0.1) is 5.82 Å². The molecule has 0 amide bonds. The number of nitrogens with one attached hydrogen (secondary N) is 1. The molecule has 0 aromatic heterocycles. The maximum atomic E-state index is 14.0. The van der Waals surface area contributed by atoms with E-state index < -0.39 is 0 Å². The molecule has 0 heterocycles. The summed E-state index contributed by atoms with van der Waals surface area (Å²) in [5.41, 5.74) is 1.75. The predicted molar refractivity (Wildman–Crippen MR) is 81.2 cm³/mol. The highest BCUT2D eigenvalue weighted by Gasteiger charge is 2.11. The molecule has 0 bridgehead atoms. The average molecular weight is 289 g/mol. The summed E-state index contributed by atoms with van der Waals surface area (Å²) in [6, 6.07) is 12.6. The quantitative estimate of drug-likeness (QED) is 0.879. The smallest absolute Gasteiger partial charge is 0.131 e. The van der Waals surface area contributed by atoms with Crippen molar-refractivity contribution < 1.29 is 13.9 Å². The molecule has 4 heteroatoms. The normalized spacial score (nSPS) is 12.0. The summed E-state index contributed by atoms with van der Waals surface area (Å²) in [5, 5.41) is 3.31. The second-order valence-corrected chi connectivity index (χ2v) is 4.84. The van der Waals surface area contributed by atoms with Crippen molar-refractivity contribution in [3.05, 3.63) is 59.4 Å². The number of hydrogen-bond acceptors (Lipinski definition) is 3. The number of halogens is 1. The summed E-state index contributed by atoms with van der Waals surface area (Å²) >= 11 is 0. The van der Waals surface area contributed by atoms with Crippen molar-refractivity contribution in [1.82, 2.24) is 5.32 Å². The molecular weight excluding hydrogens is 269 g/mol. The predicted octanol–water partition coefficient (Wildman–Crippen LogP) is 3.69. The van der Waals surface area contributed by atoms with Gasteiger partial charge < -0.3 is 14.8 Å². The van der Waals surface area contributed by atoms with E-state index in [1.54, 1.807) is 19.2 Å². The molecular formula is C17H20FNO2. The number of ether oxygens (including phenoxy) is 2. The van der Waals surface area contributed by atoms with Crippen LogP contribution in [-0.4, -0.2) is 14.2 Å². The zero-order chi connectivity index (χ0) is 15.2. The van der Waals surface area contributed by atoms with E-state index in [1.807, 2.05) is 31.2 Å². The highest BCUT2D eigenvalue weighted by Crippen LogP contribution is 2.22. The molecule has 0 spiro atoms. The van der Waals surface area contributed by atoms with Gasteiger partial charge in [0.2, 0.25) is 0 Å². The van der Waals surface area contributed by atoms with E-state index in [1.165, 1.54) is 13.2 Å². The average Bonchev–Trinajstić information content (AvgIpc) is 2.52. The van der Waals surface area contributed by atoms with Gasteiger partial charge in [0.25, 0.3) is 0 Å². The molecule has 3 nitrogen and oxygen atoms in total. The Kier molecular flexibility index (Phi) is 5.17. The van der Waals surface area contributed by atoms with E-state index in [2.05, 4.69) is 5.32 Å².